The van der Waals surface area contributed by atoms with Gasteiger partial charge in [-0.25, -0.2) is 4.79 Å². The third-order valence-corrected chi connectivity index (χ3v) is 2.88. The molecule has 0 aromatic rings. The van der Waals surface area contributed by atoms with Crippen molar-refractivity contribution in [1.29, 1.82) is 0 Å². The number of halogens is 2. The summed E-state index contributed by atoms with van der Waals surface area (Å²) in [6.45, 7) is 0. The first kappa shape index (κ1) is 9.81. The minimum atomic E-state index is -0.946. The fraction of sp³-hybridized carbons (Fsp3) is 0.375. The summed E-state index contributed by atoms with van der Waals surface area (Å²) in [5, 5.41) is 9.76. The minimum Gasteiger partial charge on any atom is -0.478 e. The van der Waals surface area contributed by atoms with Crippen LogP contribution in [-0.2, 0) is 4.79 Å². The average molecular weight is 252 g/mol. The van der Waals surface area contributed by atoms with E-state index in [0.717, 1.165) is 18.4 Å². The molecule has 4 heteroatoms. The standard InChI is InChI=1S/C8H8BrClO2/c9-4-5-2-1-3-6(7(5)10)8(11)12/h3H,1-2,4H2,(H,11,12). The lowest BCUT2D eigenvalue weighted by atomic mass is 10.0. The molecular weight excluding hydrogens is 243 g/mol. The monoisotopic (exact) mass is 250 g/mol. The van der Waals surface area contributed by atoms with Crippen molar-refractivity contribution in [3.8, 4) is 0 Å². The Morgan fingerprint density at radius 1 is 1.75 bits per heavy atom. The Morgan fingerprint density at radius 2 is 2.42 bits per heavy atom. The van der Waals surface area contributed by atoms with E-state index < -0.39 is 5.97 Å². The summed E-state index contributed by atoms with van der Waals surface area (Å²) in [4.78, 5) is 10.6. The van der Waals surface area contributed by atoms with Gasteiger partial charge in [-0.1, -0.05) is 33.6 Å². The Bertz CT molecular complexity index is 268. The van der Waals surface area contributed by atoms with Gasteiger partial charge in [0.1, 0.15) is 0 Å². The second kappa shape index (κ2) is 4.10. The molecule has 0 fully saturated rings. The van der Waals surface area contributed by atoms with Gasteiger partial charge >= 0.3 is 5.97 Å². The largest absolute Gasteiger partial charge is 0.478 e. The molecule has 0 spiro atoms. The first-order chi connectivity index (χ1) is 5.66. The summed E-state index contributed by atoms with van der Waals surface area (Å²) in [6, 6.07) is 0. The number of alkyl halides is 1. The van der Waals surface area contributed by atoms with Crippen LogP contribution in [0.5, 0.6) is 0 Å². The van der Waals surface area contributed by atoms with Crippen molar-refractivity contribution in [3.63, 3.8) is 0 Å². The van der Waals surface area contributed by atoms with Crippen LogP contribution >= 0.6 is 27.5 Å². The second-order valence-electron chi connectivity index (χ2n) is 2.51. The molecule has 0 bridgehead atoms. The van der Waals surface area contributed by atoms with Crippen molar-refractivity contribution in [1.82, 2.24) is 0 Å². The Hall–Kier alpha value is -0.280. The van der Waals surface area contributed by atoms with Crippen LogP contribution in [0.2, 0.25) is 0 Å². The van der Waals surface area contributed by atoms with E-state index in [9.17, 15) is 4.79 Å². The van der Waals surface area contributed by atoms with Crippen LogP contribution in [0.3, 0.4) is 0 Å². The van der Waals surface area contributed by atoms with Gasteiger partial charge in [0, 0.05) is 5.33 Å². The summed E-state index contributed by atoms with van der Waals surface area (Å²) >= 11 is 9.11. The molecule has 0 saturated carbocycles. The highest BCUT2D eigenvalue weighted by Gasteiger charge is 2.18. The lowest BCUT2D eigenvalue weighted by molar-refractivity contribution is -0.132. The molecule has 0 heterocycles. The second-order valence-corrected chi connectivity index (χ2v) is 3.45. The molecule has 0 aromatic carbocycles. The van der Waals surface area contributed by atoms with E-state index in [0.29, 0.717) is 10.4 Å². The molecular formula is C8H8BrClO2. The third kappa shape index (κ3) is 1.90. The highest BCUT2D eigenvalue weighted by atomic mass is 79.9. The van der Waals surface area contributed by atoms with Gasteiger partial charge in [0.05, 0.1) is 10.6 Å². The molecule has 0 aliphatic heterocycles. The number of hydrogen-bond acceptors (Lipinski definition) is 1. The SMILES string of the molecule is O=C(O)C1=CCCC(CBr)=C1Cl. The number of aliphatic carboxylic acids is 1. The first-order valence-electron chi connectivity index (χ1n) is 3.54. The molecule has 1 rings (SSSR count). The predicted molar refractivity (Wildman–Crippen MR) is 51.6 cm³/mol. The molecule has 0 radical (unpaired) electrons. The Kier molecular flexibility index (Phi) is 3.35. The molecule has 0 saturated heterocycles. The number of hydrogen-bond donors (Lipinski definition) is 1. The van der Waals surface area contributed by atoms with E-state index in [-0.39, 0.29) is 5.57 Å². The normalized spacial score (nSPS) is 17.7. The van der Waals surface area contributed by atoms with Crippen LogP contribution in [0.15, 0.2) is 22.3 Å². The van der Waals surface area contributed by atoms with Crippen LogP contribution in [0.25, 0.3) is 0 Å². The number of carboxylic acid groups (broad SMARTS) is 1. The van der Waals surface area contributed by atoms with Gasteiger partial charge < -0.3 is 5.11 Å². The summed E-state index contributed by atoms with van der Waals surface area (Å²) < 4.78 is 0. The van der Waals surface area contributed by atoms with E-state index in [1.165, 1.54) is 0 Å². The molecule has 0 atom stereocenters. The Balaban J connectivity index is 2.97. The molecule has 1 aliphatic rings. The summed E-state index contributed by atoms with van der Waals surface area (Å²) in [6.07, 6.45) is 3.27. The predicted octanol–water partition coefficient (Wildman–Crippen LogP) is 2.68. The lowest BCUT2D eigenvalue weighted by Crippen LogP contribution is -2.07. The van der Waals surface area contributed by atoms with E-state index in [4.69, 9.17) is 16.7 Å². The summed E-state index contributed by atoms with van der Waals surface area (Å²) in [5.74, 6) is -0.946. The smallest absolute Gasteiger partial charge is 0.336 e. The fourth-order valence-electron chi connectivity index (χ4n) is 1.09. The molecule has 0 unspecified atom stereocenters. The zero-order valence-electron chi connectivity index (χ0n) is 6.31. The lowest BCUT2D eigenvalue weighted by Gasteiger charge is -2.12. The van der Waals surface area contributed by atoms with Crippen LogP contribution < -0.4 is 0 Å². The van der Waals surface area contributed by atoms with Crippen molar-refractivity contribution >= 4 is 33.5 Å². The van der Waals surface area contributed by atoms with Gasteiger partial charge in [-0.3, -0.25) is 0 Å². The van der Waals surface area contributed by atoms with E-state index in [2.05, 4.69) is 15.9 Å². The Labute approximate surface area is 84.0 Å². The molecule has 0 amide bonds. The highest BCUT2D eigenvalue weighted by molar-refractivity contribution is 9.09. The van der Waals surface area contributed by atoms with E-state index in [1.807, 2.05) is 0 Å². The van der Waals surface area contributed by atoms with Crippen molar-refractivity contribution in [3.05, 3.63) is 22.3 Å². The van der Waals surface area contributed by atoms with Crippen LogP contribution in [-0.4, -0.2) is 16.4 Å². The summed E-state index contributed by atoms with van der Waals surface area (Å²) in [5.41, 5.74) is 1.20. The molecule has 1 aliphatic carbocycles. The van der Waals surface area contributed by atoms with E-state index in [1.54, 1.807) is 6.08 Å². The minimum absolute atomic E-state index is 0.234. The third-order valence-electron chi connectivity index (χ3n) is 1.73. The quantitative estimate of drug-likeness (QED) is 0.766. The highest BCUT2D eigenvalue weighted by Crippen LogP contribution is 2.29. The fourth-order valence-corrected chi connectivity index (χ4v) is 2.13. The van der Waals surface area contributed by atoms with Crippen LogP contribution in [0, 0.1) is 0 Å². The number of allylic oxidation sites excluding steroid dienone is 2. The van der Waals surface area contributed by atoms with E-state index >= 15 is 0 Å². The maximum absolute atomic E-state index is 10.6. The van der Waals surface area contributed by atoms with Gasteiger partial charge in [-0.15, -0.1) is 0 Å². The summed E-state index contributed by atoms with van der Waals surface area (Å²) in [7, 11) is 0. The van der Waals surface area contributed by atoms with Crippen molar-refractivity contribution < 1.29 is 9.90 Å². The zero-order chi connectivity index (χ0) is 9.14. The molecule has 12 heavy (non-hydrogen) atoms. The van der Waals surface area contributed by atoms with Gasteiger partial charge in [-0.2, -0.15) is 0 Å². The van der Waals surface area contributed by atoms with Crippen LogP contribution in [0.1, 0.15) is 12.8 Å². The number of carboxylic acids is 1. The number of carbonyl (C=O) groups is 1. The van der Waals surface area contributed by atoms with Gasteiger partial charge in [0.15, 0.2) is 0 Å². The van der Waals surface area contributed by atoms with Crippen LogP contribution in [0.4, 0.5) is 0 Å². The Morgan fingerprint density at radius 3 is 2.92 bits per heavy atom. The molecule has 66 valence electrons. The molecule has 2 nitrogen and oxygen atoms in total. The number of rotatable bonds is 2. The topological polar surface area (TPSA) is 37.3 Å². The van der Waals surface area contributed by atoms with Gasteiger partial charge in [0.25, 0.3) is 0 Å². The zero-order valence-corrected chi connectivity index (χ0v) is 8.65. The molecule has 0 aromatic heterocycles. The van der Waals surface area contributed by atoms with Crippen molar-refractivity contribution in [2.24, 2.45) is 0 Å². The van der Waals surface area contributed by atoms with Crippen molar-refractivity contribution in [2.45, 2.75) is 12.8 Å². The van der Waals surface area contributed by atoms with Gasteiger partial charge in [0.2, 0.25) is 0 Å². The first-order valence-corrected chi connectivity index (χ1v) is 5.04. The molecule has 1 N–H and O–H groups in total. The average Bonchev–Trinajstić information content (AvgIpc) is 2.04. The van der Waals surface area contributed by atoms with Crippen molar-refractivity contribution in [2.75, 3.05) is 5.33 Å². The maximum atomic E-state index is 10.6. The maximum Gasteiger partial charge on any atom is 0.336 e. The van der Waals surface area contributed by atoms with Gasteiger partial charge in [-0.05, 0) is 18.4 Å².